The Labute approximate surface area is 90.3 Å². The number of rotatable bonds is 5. The van der Waals surface area contributed by atoms with E-state index in [-0.39, 0.29) is 0 Å². The van der Waals surface area contributed by atoms with E-state index >= 15 is 0 Å². The molecule has 4 unspecified atom stereocenters. The zero-order valence-electron chi connectivity index (χ0n) is 9.71. The monoisotopic (exact) mass is 222 g/mol. The van der Waals surface area contributed by atoms with E-state index in [4.69, 9.17) is 9.84 Å². The van der Waals surface area contributed by atoms with Gasteiger partial charge < -0.3 is 25.2 Å². The average Bonchev–Trinajstić information content (AvgIpc) is 2.15. The van der Waals surface area contributed by atoms with Crippen LogP contribution in [0.1, 0.15) is 20.8 Å². The maximum Gasteiger partial charge on any atom is 0.111 e. The zero-order valence-corrected chi connectivity index (χ0v) is 9.71. The highest BCUT2D eigenvalue weighted by Gasteiger charge is 2.37. The second kappa shape index (κ2) is 5.77. The molecule has 0 aliphatic heterocycles. The summed E-state index contributed by atoms with van der Waals surface area (Å²) in [7, 11) is 1.32. The van der Waals surface area contributed by atoms with Gasteiger partial charge in [0.1, 0.15) is 18.3 Å². The quantitative estimate of drug-likeness (QED) is 0.485. The summed E-state index contributed by atoms with van der Waals surface area (Å²) in [4.78, 5) is 0. The van der Waals surface area contributed by atoms with Crippen molar-refractivity contribution in [2.45, 2.75) is 45.2 Å². The van der Waals surface area contributed by atoms with Gasteiger partial charge in [0.05, 0.1) is 12.7 Å². The van der Waals surface area contributed by atoms with Gasteiger partial charge >= 0.3 is 0 Å². The standard InChI is InChI=1S/C10H22O5/c1-10(2,3)9(14)8(13)7(12)6(5-11)15-4/h6-9,11-14H,5H2,1-4H3. The molecular weight excluding hydrogens is 200 g/mol. The molecule has 5 heteroatoms. The molecule has 0 spiro atoms. The van der Waals surface area contributed by atoms with Crippen molar-refractivity contribution in [2.24, 2.45) is 5.41 Å². The first kappa shape index (κ1) is 14.8. The lowest BCUT2D eigenvalue weighted by Crippen LogP contribution is -2.50. The Morgan fingerprint density at radius 1 is 1.07 bits per heavy atom. The van der Waals surface area contributed by atoms with Crippen LogP contribution in [0.2, 0.25) is 0 Å². The Balaban J connectivity index is 4.49. The molecule has 0 bridgehead atoms. The molecule has 4 atom stereocenters. The van der Waals surface area contributed by atoms with Crippen LogP contribution in [-0.2, 0) is 4.74 Å². The minimum atomic E-state index is -1.35. The van der Waals surface area contributed by atoms with Crippen LogP contribution >= 0.6 is 0 Å². The summed E-state index contributed by atoms with van der Waals surface area (Å²) in [5, 5.41) is 37.8. The van der Waals surface area contributed by atoms with Crippen molar-refractivity contribution in [1.82, 2.24) is 0 Å². The van der Waals surface area contributed by atoms with Crippen LogP contribution in [0.4, 0.5) is 0 Å². The highest BCUT2D eigenvalue weighted by atomic mass is 16.5. The van der Waals surface area contributed by atoms with Crippen molar-refractivity contribution >= 4 is 0 Å². The molecule has 15 heavy (non-hydrogen) atoms. The Kier molecular flexibility index (Phi) is 5.69. The summed E-state index contributed by atoms with van der Waals surface area (Å²) in [6.07, 6.45) is -4.63. The smallest absolute Gasteiger partial charge is 0.111 e. The van der Waals surface area contributed by atoms with Gasteiger partial charge in [-0.3, -0.25) is 0 Å². The summed E-state index contributed by atoms with van der Waals surface area (Å²) < 4.78 is 4.77. The van der Waals surface area contributed by atoms with E-state index in [0.29, 0.717) is 0 Å². The van der Waals surface area contributed by atoms with E-state index in [9.17, 15) is 15.3 Å². The van der Waals surface area contributed by atoms with Gasteiger partial charge in [-0.25, -0.2) is 0 Å². The number of aliphatic hydroxyl groups excluding tert-OH is 4. The van der Waals surface area contributed by atoms with Crippen LogP contribution in [0.5, 0.6) is 0 Å². The van der Waals surface area contributed by atoms with Gasteiger partial charge in [-0.15, -0.1) is 0 Å². The lowest BCUT2D eigenvalue weighted by Gasteiger charge is -2.34. The largest absolute Gasteiger partial charge is 0.394 e. The van der Waals surface area contributed by atoms with Gasteiger partial charge in [0, 0.05) is 7.11 Å². The summed E-state index contributed by atoms with van der Waals surface area (Å²) in [5.41, 5.74) is -0.547. The fourth-order valence-corrected chi connectivity index (χ4v) is 1.24. The second-order valence-electron chi connectivity index (χ2n) is 4.75. The zero-order chi connectivity index (χ0) is 12.2. The van der Waals surface area contributed by atoms with Gasteiger partial charge in [0.15, 0.2) is 0 Å². The topological polar surface area (TPSA) is 90.2 Å². The molecule has 0 aromatic heterocycles. The molecule has 0 heterocycles. The van der Waals surface area contributed by atoms with Crippen molar-refractivity contribution in [3.8, 4) is 0 Å². The lowest BCUT2D eigenvalue weighted by molar-refractivity contribution is -0.145. The molecule has 0 saturated carbocycles. The number of aliphatic hydroxyl groups is 4. The molecule has 0 aliphatic rings. The summed E-state index contributed by atoms with van der Waals surface area (Å²) in [6.45, 7) is 4.82. The van der Waals surface area contributed by atoms with E-state index < -0.39 is 36.4 Å². The minimum absolute atomic E-state index is 0.411. The van der Waals surface area contributed by atoms with Crippen LogP contribution < -0.4 is 0 Å². The highest BCUT2D eigenvalue weighted by molar-refractivity contribution is 4.87. The first-order chi connectivity index (χ1) is 6.75. The van der Waals surface area contributed by atoms with E-state index in [2.05, 4.69) is 0 Å². The molecule has 0 rings (SSSR count). The minimum Gasteiger partial charge on any atom is -0.394 e. The Bertz CT molecular complexity index is 173. The molecule has 0 fully saturated rings. The second-order valence-corrected chi connectivity index (χ2v) is 4.75. The third kappa shape index (κ3) is 4.04. The van der Waals surface area contributed by atoms with E-state index in [0.717, 1.165) is 0 Å². The fourth-order valence-electron chi connectivity index (χ4n) is 1.24. The molecule has 0 saturated heterocycles. The molecule has 0 amide bonds. The van der Waals surface area contributed by atoms with Gasteiger partial charge in [0.25, 0.3) is 0 Å². The van der Waals surface area contributed by atoms with Gasteiger partial charge in [0.2, 0.25) is 0 Å². The van der Waals surface area contributed by atoms with Crippen LogP contribution in [0, 0.1) is 5.41 Å². The number of hydrogen-bond acceptors (Lipinski definition) is 5. The SMILES string of the molecule is COC(CO)C(O)C(O)C(O)C(C)(C)C. The van der Waals surface area contributed by atoms with Crippen molar-refractivity contribution in [3.05, 3.63) is 0 Å². The Hall–Kier alpha value is -0.200. The molecule has 92 valence electrons. The van der Waals surface area contributed by atoms with Crippen molar-refractivity contribution < 1.29 is 25.2 Å². The number of ether oxygens (including phenoxy) is 1. The van der Waals surface area contributed by atoms with E-state index in [1.807, 2.05) is 0 Å². The molecule has 4 N–H and O–H groups in total. The first-order valence-electron chi connectivity index (χ1n) is 4.93. The molecule has 0 aromatic rings. The van der Waals surface area contributed by atoms with E-state index in [1.54, 1.807) is 20.8 Å². The maximum atomic E-state index is 9.72. The average molecular weight is 222 g/mol. The van der Waals surface area contributed by atoms with Gasteiger partial charge in [-0.2, -0.15) is 0 Å². The molecule has 0 aromatic carbocycles. The number of hydrogen-bond donors (Lipinski definition) is 4. The third-order valence-corrected chi connectivity index (χ3v) is 2.42. The maximum absolute atomic E-state index is 9.72. The van der Waals surface area contributed by atoms with Crippen LogP contribution in [-0.4, -0.2) is 58.6 Å². The van der Waals surface area contributed by atoms with Crippen molar-refractivity contribution in [1.29, 1.82) is 0 Å². The summed E-state index contributed by atoms with van der Waals surface area (Å²) in [6, 6.07) is 0. The van der Waals surface area contributed by atoms with Gasteiger partial charge in [-0.05, 0) is 5.41 Å². The van der Waals surface area contributed by atoms with Crippen molar-refractivity contribution in [3.63, 3.8) is 0 Å². The predicted octanol–water partition coefficient (Wildman–Crippen LogP) is -0.878. The Morgan fingerprint density at radius 3 is 1.80 bits per heavy atom. The number of methoxy groups -OCH3 is 1. The summed E-state index contributed by atoms with van der Waals surface area (Å²) >= 11 is 0. The van der Waals surface area contributed by atoms with Gasteiger partial charge in [-0.1, -0.05) is 20.8 Å². The van der Waals surface area contributed by atoms with Crippen LogP contribution in [0.15, 0.2) is 0 Å². The lowest BCUT2D eigenvalue weighted by atomic mass is 9.83. The Morgan fingerprint density at radius 2 is 1.53 bits per heavy atom. The molecule has 0 aliphatic carbocycles. The molecule has 0 radical (unpaired) electrons. The van der Waals surface area contributed by atoms with E-state index in [1.165, 1.54) is 7.11 Å². The van der Waals surface area contributed by atoms with Crippen molar-refractivity contribution in [2.75, 3.05) is 13.7 Å². The fraction of sp³-hybridized carbons (Fsp3) is 1.00. The first-order valence-corrected chi connectivity index (χ1v) is 4.93. The summed E-state index contributed by atoms with van der Waals surface area (Å²) in [5.74, 6) is 0. The predicted molar refractivity (Wildman–Crippen MR) is 55.4 cm³/mol. The van der Waals surface area contributed by atoms with Crippen LogP contribution in [0.25, 0.3) is 0 Å². The molecular formula is C10H22O5. The highest BCUT2D eigenvalue weighted by Crippen LogP contribution is 2.24. The molecule has 5 nitrogen and oxygen atoms in total. The van der Waals surface area contributed by atoms with Crippen LogP contribution in [0.3, 0.4) is 0 Å². The third-order valence-electron chi connectivity index (χ3n) is 2.42. The normalized spacial score (nSPS) is 20.8.